The molecule has 3 rings (SSSR count). The Balaban J connectivity index is 1.76. The maximum atomic E-state index is 12.7. The molecule has 2 N–H and O–H groups in total. The lowest BCUT2D eigenvalue weighted by Crippen LogP contribution is -2.31. The van der Waals surface area contributed by atoms with Crippen LogP contribution in [0.5, 0.6) is 0 Å². The fourth-order valence-corrected chi connectivity index (χ4v) is 3.51. The Morgan fingerprint density at radius 1 is 1.11 bits per heavy atom. The second-order valence-electron chi connectivity index (χ2n) is 5.96. The zero-order chi connectivity index (χ0) is 19.2. The van der Waals surface area contributed by atoms with Crippen LogP contribution in [0.2, 0.25) is 5.02 Å². The van der Waals surface area contributed by atoms with E-state index in [4.69, 9.17) is 11.6 Å². The van der Waals surface area contributed by atoms with Crippen LogP contribution in [0.25, 0.3) is 0 Å². The lowest BCUT2D eigenvalue weighted by molar-refractivity contribution is -0.116. The number of nitrogens with one attached hydrogen (secondary N) is 2. The highest BCUT2D eigenvalue weighted by Gasteiger charge is 2.21. The molecule has 1 atom stereocenters. The van der Waals surface area contributed by atoms with Crippen LogP contribution in [0.3, 0.4) is 0 Å². The summed E-state index contributed by atoms with van der Waals surface area (Å²) < 4.78 is 0. The predicted molar refractivity (Wildman–Crippen MR) is 108 cm³/mol. The summed E-state index contributed by atoms with van der Waals surface area (Å²) >= 11 is 7.48. The van der Waals surface area contributed by atoms with Crippen LogP contribution in [-0.2, 0) is 4.79 Å². The number of carbonyl (C=O) groups is 2. The minimum atomic E-state index is -0.490. The highest BCUT2D eigenvalue weighted by molar-refractivity contribution is 7.13. The Morgan fingerprint density at radius 2 is 1.81 bits per heavy atom. The third-order valence-electron chi connectivity index (χ3n) is 3.88. The van der Waals surface area contributed by atoms with Gasteiger partial charge in [-0.1, -0.05) is 54.1 Å². The van der Waals surface area contributed by atoms with Gasteiger partial charge in [0.1, 0.15) is 0 Å². The molecule has 0 saturated carbocycles. The number of aromatic nitrogens is 1. The number of rotatable bonds is 6. The van der Waals surface area contributed by atoms with Gasteiger partial charge in [-0.05, 0) is 24.6 Å². The molecule has 2 amide bonds. The van der Waals surface area contributed by atoms with Crippen LogP contribution in [-0.4, -0.2) is 16.8 Å². The summed E-state index contributed by atoms with van der Waals surface area (Å²) in [6, 6.07) is 15.7. The van der Waals surface area contributed by atoms with Gasteiger partial charge in [0.05, 0.1) is 28.7 Å². The second kappa shape index (κ2) is 8.79. The van der Waals surface area contributed by atoms with Crippen molar-refractivity contribution in [2.24, 2.45) is 0 Å². The van der Waals surface area contributed by atoms with Crippen LogP contribution >= 0.6 is 22.9 Å². The summed E-state index contributed by atoms with van der Waals surface area (Å²) in [5, 5.41) is 8.46. The van der Waals surface area contributed by atoms with Gasteiger partial charge in [-0.3, -0.25) is 9.59 Å². The molecular formula is C20H18ClN3O2S. The van der Waals surface area contributed by atoms with Crippen LogP contribution in [0.4, 0.5) is 5.13 Å². The number of anilines is 1. The van der Waals surface area contributed by atoms with Crippen LogP contribution in [0.15, 0.2) is 60.0 Å². The van der Waals surface area contributed by atoms with Crippen LogP contribution in [0, 0.1) is 6.92 Å². The molecule has 2 aromatic carbocycles. The normalized spacial score (nSPS) is 11.6. The average molecular weight is 400 g/mol. The van der Waals surface area contributed by atoms with E-state index in [1.807, 2.05) is 42.6 Å². The zero-order valence-electron chi connectivity index (χ0n) is 14.6. The van der Waals surface area contributed by atoms with Crippen LogP contribution < -0.4 is 10.6 Å². The fourth-order valence-electron chi connectivity index (χ4n) is 2.59. The zero-order valence-corrected chi connectivity index (χ0v) is 16.2. The van der Waals surface area contributed by atoms with Crippen molar-refractivity contribution in [3.63, 3.8) is 0 Å². The van der Waals surface area contributed by atoms with Crippen molar-refractivity contribution >= 4 is 39.9 Å². The van der Waals surface area contributed by atoms with Crippen molar-refractivity contribution in [2.45, 2.75) is 19.4 Å². The lowest BCUT2D eigenvalue weighted by atomic mass is 10.0. The molecule has 0 spiro atoms. The quantitative estimate of drug-likeness (QED) is 0.636. The van der Waals surface area contributed by atoms with Gasteiger partial charge in [-0.2, -0.15) is 0 Å². The van der Waals surface area contributed by atoms with Gasteiger partial charge >= 0.3 is 0 Å². The molecule has 0 aliphatic heterocycles. The molecule has 0 aliphatic rings. The number of halogens is 1. The summed E-state index contributed by atoms with van der Waals surface area (Å²) in [4.78, 5) is 29.4. The molecule has 27 heavy (non-hydrogen) atoms. The summed E-state index contributed by atoms with van der Waals surface area (Å²) in [5.74, 6) is -0.551. The van der Waals surface area contributed by atoms with Crippen molar-refractivity contribution < 1.29 is 9.59 Å². The number of hydrogen-bond acceptors (Lipinski definition) is 4. The second-order valence-corrected chi connectivity index (χ2v) is 7.23. The van der Waals surface area contributed by atoms with Gasteiger partial charge in [0.15, 0.2) is 5.13 Å². The monoisotopic (exact) mass is 399 g/mol. The third kappa shape index (κ3) is 5.15. The van der Waals surface area contributed by atoms with Gasteiger partial charge < -0.3 is 10.6 Å². The van der Waals surface area contributed by atoms with E-state index in [1.165, 1.54) is 11.3 Å². The lowest BCUT2D eigenvalue weighted by Gasteiger charge is -2.19. The minimum absolute atomic E-state index is 0.0822. The van der Waals surface area contributed by atoms with E-state index in [0.717, 1.165) is 11.3 Å². The average Bonchev–Trinajstić information content (AvgIpc) is 3.06. The van der Waals surface area contributed by atoms with E-state index in [9.17, 15) is 9.59 Å². The number of aryl methyl sites for hydroxylation is 1. The largest absolute Gasteiger partial charge is 0.345 e. The number of nitrogens with zero attached hydrogens (tertiary/aromatic N) is 1. The highest BCUT2D eigenvalue weighted by Crippen LogP contribution is 2.22. The van der Waals surface area contributed by atoms with E-state index in [0.29, 0.717) is 15.7 Å². The van der Waals surface area contributed by atoms with Gasteiger partial charge in [-0.15, -0.1) is 11.3 Å². The minimum Gasteiger partial charge on any atom is -0.345 e. The maximum Gasteiger partial charge on any atom is 0.253 e. The first kappa shape index (κ1) is 19.1. The van der Waals surface area contributed by atoms with E-state index in [2.05, 4.69) is 15.6 Å². The van der Waals surface area contributed by atoms with Gasteiger partial charge in [0, 0.05) is 5.38 Å². The molecule has 5 nitrogen and oxygen atoms in total. The van der Waals surface area contributed by atoms with Crippen molar-refractivity contribution in [3.05, 3.63) is 81.8 Å². The molecule has 138 valence electrons. The number of hydrogen-bond donors (Lipinski definition) is 2. The number of amides is 2. The molecule has 0 aliphatic carbocycles. The van der Waals surface area contributed by atoms with Crippen LogP contribution in [0.1, 0.15) is 34.1 Å². The molecule has 0 radical (unpaired) electrons. The first-order chi connectivity index (χ1) is 13.0. The van der Waals surface area contributed by atoms with Crippen molar-refractivity contribution in [1.29, 1.82) is 0 Å². The third-order valence-corrected chi connectivity index (χ3v) is 5.09. The molecule has 7 heteroatoms. The number of thiazole rings is 1. The Kier molecular flexibility index (Phi) is 6.21. The molecule has 1 heterocycles. The van der Waals surface area contributed by atoms with Crippen molar-refractivity contribution in [1.82, 2.24) is 10.3 Å². The van der Waals surface area contributed by atoms with Gasteiger partial charge in [0.25, 0.3) is 5.91 Å². The summed E-state index contributed by atoms with van der Waals surface area (Å²) in [6.07, 6.45) is 0.0822. The molecule has 0 saturated heterocycles. The topological polar surface area (TPSA) is 71.1 Å². The summed E-state index contributed by atoms with van der Waals surface area (Å²) in [7, 11) is 0. The Bertz CT molecular complexity index is 943. The van der Waals surface area contributed by atoms with Crippen molar-refractivity contribution in [3.8, 4) is 0 Å². The number of carbonyl (C=O) groups excluding carboxylic acids is 2. The van der Waals surface area contributed by atoms with E-state index in [-0.39, 0.29) is 18.2 Å². The summed E-state index contributed by atoms with van der Waals surface area (Å²) in [6.45, 7) is 1.86. The molecule has 3 aromatic rings. The fraction of sp³-hybridized carbons (Fsp3) is 0.150. The Hall–Kier alpha value is -2.70. The first-order valence-corrected chi connectivity index (χ1v) is 9.61. The van der Waals surface area contributed by atoms with E-state index in [1.54, 1.807) is 24.3 Å². The maximum absolute atomic E-state index is 12.7. The van der Waals surface area contributed by atoms with E-state index >= 15 is 0 Å². The SMILES string of the molecule is Cc1csc(NC(=O)C[C@H](NC(=O)c2ccccc2Cl)c2ccccc2)n1. The van der Waals surface area contributed by atoms with Gasteiger partial charge in [-0.25, -0.2) is 4.98 Å². The van der Waals surface area contributed by atoms with Crippen molar-refractivity contribution in [2.75, 3.05) is 5.32 Å². The first-order valence-electron chi connectivity index (χ1n) is 8.35. The molecule has 0 unspecified atom stereocenters. The highest BCUT2D eigenvalue weighted by atomic mass is 35.5. The smallest absolute Gasteiger partial charge is 0.253 e. The van der Waals surface area contributed by atoms with Gasteiger partial charge in [0.2, 0.25) is 5.91 Å². The molecular weight excluding hydrogens is 382 g/mol. The molecule has 1 aromatic heterocycles. The predicted octanol–water partition coefficient (Wildman–Crippen LogP) is 4.60. The number of benzene rings is 2. The molecule has 0 bridgehead atoms. The molecule has 0 fully saturated rings. The Labute approximate surface area is 166 Å². The Morgan fingerprint density at radius 3 is 2.48 bits per heavy atom. The van der Waals surface area contributed by atoms with E-state index < -0.39 is 6.04 Å². The summed E-state index contributed by atoms with van der Waals surface area (Å²) in [5.41, 5.74) is 2.06. The standard InChI is InChI=1S/C20H18ClN3O2S/c1-13-12-27-20(22-13)24-18(25)11-17(14-7-3-2-4-8-14)23-19(26)15-9-5-6-10-16(15)21/h2-10,12,17H,11H2,1H3,(H,23,26)(H,22,24,25)/t17-/m0/s1.